The summed E-state index contributed by atoms with van der Waals surface area (Å²) in [5.74, 6) is 1.39. The van der Waals surface area contributed by atoms with Crippen molar-refractivity contribution >= 4 is 5.91 Å². The molecule has 1 spiro atoms. The standard InChI is InChI=1S/C24H29N3O3/c25-23(28)15-27-12-3-10-24(27)11-13-26(17-24)14-18-6-8-19(9-7-18)22-16-29-20-4-1-2-5-21(20)30-22/h1-2,4-9,22H,3,10-17H2,(H2,25,28). The lowest BCUT2D eigenvalue weighted by Crippen LogP contribution is -2.49. The van der Waals surface area contributed by atoms with Crippen molar-refractivity contribution in [3.05, 3.63) is 59.7 Å². The summed E-state index contributed by atoms with van der Waals surface area (Å²) < 4.78 is 12.0. The van der Waals surface area contributed by atoms with Crippen LogP contribution < -0.4 is 15.2 Å². The molecule has 2 saturated heterocycles. The Kier molecular flexibility index (Phi) is 5.13. The van der Waals surface area contributed by atoms with E-state index in [1.54, 1.807) is 0 Å². The van der Waals surface area contributed by atoms with Crippen molar-refractivity contribution in [2.24, 2.45) is 5.73 Å². The Hall–Kier alpha value is -2.57. The van der Waals surface area contributed by atoms with Crippen molar-refractivity contribution in [2.75, 3.05) is 32.8 Å². The minimum Gasteiger partial charge on any atom is -0.485 e. The van der Waals surface area contributed by atoms with Crippen LogP contribution in [-0.4, -0.2) is 54.0 Å². The Morgan fingerprint density at radius 1 is 1.07 bits per heavy atom. The highest BCUT2D eigenvalue weighted by Crippen LogP contribution is 2.38. The zero-order valence-electron chi connectivity index (χ0n) is 17.3. The minimum atomic E-state index is -0.221. The third-order valence-electron chi connectivity index (χ3n) is 6.77. The van der Waals surface area contributed by atoms with E-state index in [0.29, 0.717) is 13.2 Å². The number of nitrogens with two attached hydrogens (primary N) is 1. The lowest BCUT2D eigenvalue weighted by Gasteiger charge is -2.34. The molecule has 2 fully saturated rings. The summed E-state index contributed by atoms with van der Waals surface area (Å²) >= 11 is 0. The van der Waals surface area contributed by atoms with E-state index in [2.05, 4.69) is 34.1 Å². The van der Waals surface area contributed by atoms with Gasteiger partial charge in [0.2, 0.25) is 5.91 Å². The molecule has 3 aliphatic heterocycles. The van der Waals surface area contributed by atoms with Gasteiger partial charge in [-0.1, -0.05) is 36.4 Å². The largest absolute Gasteiger partial charge is 0.485 e. The second-order valence-corrected chi connectivity index (χ2v) is 8.78. The Morgan fingerprint density at radius 3 is 2.67 bits per heavy atom. The molecule has 0 radical (unpaired) electrons. The molecule has 6 nitrogen and oxygen atoms in total. The number of carbonyl (C=O) groups excluding carboxylic acids is 1. The maximum absolute atomic E-state index is 11.4. The maximum atomic E-state index is 11.4. The number of amides is 1. The third kappa shape index (κ3) is 3.77. The summed E-state index contributed by atoms with van der Waals surface area (Å²) in [4.78, 5) is 16.3. The smallest absolute Gasteiger partial charge is 0.231 e. The quantitative estimate of drug-likeness (QED) is 0.826. The molecule has 5 rings (SSSR count). The highest BCUT2D eigenvalue weighted by atomic mass is 16.6. The molecule has 0 bridgehead atoms. The molecule has 2 aromatic rings. The van der Waals surface area contributed by atoms with Crippen LogP contribution in [0.4, 0.5) is 0 Å². The van der Waals surface area contributed by atoms with Gasteiger partial charge in [-0.25, -0.2) is 0 Å². The molecule has 3 aliphatic rings. The summed E-state index contributed by atoms with van der Waals surface area (Å²) in [6, 6.07) is 16.5. The highest BCUT2D eigenvalue weighted by molar-refractivity contribution is 5.76. The first kappa shape index (κ1) is 19.4. The number of para-hydroxylation sites is 2. The van der Waals surface area contributed by atoms with Gasteiger partial charge in [0, 0.05) is 25.2 Å². The van der Waals surface area contributed by atoms with Crippen molar-refractivity contribution in [3.8, 4) is 11.5 Å². The van der Waals surface area contributed by atoms with Crippen LogP contribution in [0.3, 0.4) is 0 Å². The number of hydrogen-bond donors (Lipinski definition) is 1. The Bertz CT molecular complexity index is 916. The van der Waals surface area contributed by atoms with Crippen LogP contribution in [0, 0.1) is 0 Å². The first-order valence-electron chi connectivity index (χ1n) is 10.8. The lowest BCUT2D eigenvalue weighted by atomic mass is 9.95. The van der Waals surface area contributed by atoms with E-state index in [0.717, 1.165) is 62.5 Å². The normalized spacial score (nSPS) is 26.3. The van der Waals surface area contributed by atoms with E-state index in [-0.39, 0.29) is 17.6 Å². The van der Waals surface area contributed by atoms with Gasteiger partial charge in [-0.15, -0.1) is 0 Å². The first-order valence-corrected chi connectivity index (χ1v) is 10.8. The molecule has 2 aromatic carbocycles. The van der Waals surface area contributed by atoms with Gasteiger partial charge in [0.15, 0.2) is 17.6 Å². The van der Waals surface area contributed by atoms with E-state index < -0.39 is 0 Å². The van der Waals surface area contributed by atoms with Gasteiger partial charge >= 0.3 is 0 Å². The average Bonchev–Trinajstić information content (AvgIpc) is 3.34. The number of hydrogen-bond acceptors (Lipinski definition) is 5. The molecular weight excluding hydrogens is 378 g/mol. The number of rotatable bonds is 5. The molecule has 0 saturated carbocycles. The molecule has 2 atom stereocenters. The van der Waals surface area contributed by atoms with E-state index in [1.165, 1.54) is 5.56 Å². The zero-order valence-corrected chi connectivity index (χ0v) is 17.3. The van der Waals surface area contributed by atoms with Gasteiger partial charge < -0.3 is 15.2 Å². The van der Waals surface area contributed by atoms with Gasteiger partial charge in [0.25, 0.3) is 0 Å². The molecule has 2 unspecified atom stereocenters. The average molecular weight is 408 g/mol. The molecule has 1 amide bonds. The molecule has 0 aromatic heterocycles. The van der Waals surface area contributed by atoms with Crippen molar-refractivity contribution in [2.45, 2.75) is 37.5 Å². The Balaban J connectivity index is 1.21. The van der Waals surface area contributed by atoms with E-state index in [4.69, 9.17) is 15.2 Å². The fourth-order valence-electron chi connectivity index (χ4n) is 5.25. The van der Waals surface area contributed by atoms with E-state index >= 15 is 0 Å². The van der Waals surface area contributed by atoms with Crippen LogP contribution in [0.1, 0.15) is 36.5 Å². The minimum absolute atomic E-state index is 0.0788. The fourth-order valence-corrected chi connectivity index (χ4v) is 5.25. The fraction of sp³-hybridized carbons (Fsp3) is 0.458. The topological polar surface area (TPSA) is 68.0 Å². The van der Waals surface area contributed by atoms with Crippen LogP contribution in [0.15, 0.2) is 48.5 Å². The Labute approximate surface area is 177 Å². The summed E-state index contributed by atoms with van der Waals surface area (Å²) in [6.07, 6.45) is 3.36. The van der Waals surface area contributed by atoms with Crippen LogP contribution in [0.5, 0.6) is 11.5 Å². The van der Waals surface area contributed by atoms with Gasteiger partial charge in [0.1, 0.15) is 6.61 Å². The number of ether oxygens (including phenoxy) is 2. The van der Waals surface area contributed by atoms with Crippen LogP contribution in [-0.2, 0) is 11.3 Å². The summed E-state index contributed by atoms with van der Waals surface area (Å²) in [5.41, 5.74) is 8.04. The zero-order chi connectivity index (χ0) is 20.6. The molecule has 0 aliphatic carbocycles. The predicted molar refractivity (Wildman–Crippen MR) is 114 cm³/mol. The van der Waals surface area contributed by atoms with Crippen molar-refractivity contribution in [1.29, 1.82) is 0 Å². The summed E-state index contributed by atoms with van der Waals surface area (Å²) in [7, 11) is 0. The van der Waals surface area contributed by atoms with Crippen molar-refractivity contribution < 1.29 is 14.3 Å². The van der Waals surface area contributed by atoms with Crippen LogP contribution in [0.25, 0.3) is 0 Å². The first-order chi connectivity index (χ1) is 14.6. The van der Waals surface area contributed by atoms with Gasteiger partial charge in [-0.2, -0.15) is 0 Å². The summed E-state index contributed by atoms with van der Waals surface area (Å²) in [5, 5.41) is 0. The highest BCUT2D eigenvalue weighted by Gasteiger charge is 2.46. The predicted octanol–water partition coefficient (Wildman–Crippen LogP) is 2.72. The van der Waals surface area contributed by atoms with E-state index in [9.17, 15) is 4.79 Å². The van der Waals surface area contributed by atoms with Gasteiger partial charge in [-0.05, 0) is 49.1 Å². The molecular formula is C24H29N3O3. The van der Waals surface area contributed by atoms with Crippen molar-refractivity contribution in [1.82, 2.24) is 9.80 Å². The molecule has 3 heterocycles. The third-order valence-corrected chi connectivity index (χ3v) is 6.77. The van der Waals surface area contributed by atoms with E-state index in [1.807, 2.05) is 24.3 Å². The van der Waals surface area contributed by atoms with Gasteiger partial charge in [0.05, 0.1) is 6.54 Å². The van der Waals surface area contributed by atoms with Crippen LogP contribution >= 0.6 is 0 Å². The van der Waals surface area contributed by atoms with Gasteiger partial charge in [-0.3, -0.25) is 14.6 Å². The Morgan fingerprint density at radius 2 is 1.87 bits per heavy atom. The SMILES string of the molecule is NC(=O)CN1CCCC12CCN(Cc1ccc(C3COc4ccccc4O3)cc1)C2. The summed E-state index contributed by atoms with van der Waals surface area (Å²) in [6.45, 7) is 4.90. The second-order valence-electron chi connectivity index (χ2n) is 8.78. The number of likely N-dealkylation sites (tertiary alicyclic amines) is 2. The van der Waals surface area contributed by atoms with Crippen LogP contribution in [0.2, 0.25) is 0 Å². The lowest BCUT2D eigenvalue weighted by molar-refractivity contribution is -0.120. The number of nitrogens with zero attached hydrogens (tertiary/aromatic N) is 2. The maximum Gasteiger partial charge on any atom is 0.231 e. The number of carbonyl (C=O) groups is 1. The molecule has 6 heteroatoms. The number of primary amides is 1. The van der Waals surface area contributed by atoms with Crippen molar-refractivity contribution in [3.63, 3.8) is 0 Å². The number of benzene rings is 2. The monoisotopic (exact) mass is 407 g/mol. The second kappa shape index (κ2) is 7.93. The molecule has 30 heavy (non-hydrogen) atoms. The number of fused-ring (bicyclic) bond motifs is 1. The molecule has 158 valence electrons. The molecule has 2 N–H and O–H groups in total.